The van der Waals surface area contributed by atoms with Gasteiger partial charge >= 0.3 is 5.97 Å². The molecule has 4 nitrogen and oxygen atoms in total. The van der Waals surface area contributed by atoms with Crippen LogP contribution in [0, 0.1) is 5.41 Å². The lowest BCUT2D eigenvalue weighted by Crippen LogP contribution is -2.62. The van der Waals surface area contributed by atoms with Crippen LogP contribution in [0.3, 0.4) is 0 Å². The van der Waals surface area contributed by atoms with Gasteiger partial charge in [0.2, 0.25) is 0 Å². The monoisotopic (exact) mass is 183 g/mol. The van der Waals surface area contributed by atoms with Gasteiger partial charge in [0.25, 0.3) is 0 Å². The molecule has 13 heavy (non-hydrogen) atoms. The van der Waals surface area contributed by atoms with Gasteiger partial charge in [0.15, 0.2) is 11.8 Å². The number of carbonyl (C=O) groups excluding carboxylic acids is 1. The quantitative estimate of drug-likeness (QED) is 0.587. The number of hydrogen-bond donors (Lipinski definition) is 1. The average Bonchev–Trinajstić information content (AvgIpc) is 2.07. The van der Waals surface area contributed by atoms with E-state index in [2.05, 4.69) is 0 Å². The minimum absolute atomic E-state index is 0.0995. The Balaban J connectivity index is 2.32. The van der Waals surface area contributed by atoms with Gasteiger partial charge in [-0.15, -0.1) is 0 Å². The first-order valence-electron chi connectivity index (χ1n) is 4.56. The van der Waals surface area contributed by atoms with Crippen LogP contribution >= 0.6 is 0 Å². The van der Waals surface area contributed by atoms with Crippen molar-refractivity contribution in [1.29, 1.82) is 0 Å². The van der Waals surface area contributed by atoms with Crippen molar-refractivity contribution < 1.29 is 14.7 Å². The SMILES string of the molecule is CC12CCN(CC1)C(C(=O)O)C2=O. The van der Waals surface area contributed by atoms with Crippen molar-refractivity contribution >= 4 is 11.8 Å². The Morgan fingerprint density at radius 3 is 2.46 bits per heavy atom. The molecule has 3 aliphatic rings. The van der Waals surface area contributed by atoms with Crippen molar-refractivity contribution in [2.24, 2.45) is 5.41 Å². The topological polar surface area (TPSA) is 57.6 Å². The van der Waals surface area contributed by atoms with Gasteiger partial charge in [-0.2, -0.15) is 0 Å². The number of Topliss-reactive ketones (excluding diaryl/α,β-unsaturated/α-hetero) is 1. The molecule has 1 unspecified atom stereocenters. The number of aliphatic carboxylic acids is 1. The van der Waals surface area contributed by atoms with Crippen LogP contribution in [0.25, 0.3) is 0 Å². The first-order chi connectivity index (χ1) is 6.04. The van der Waals surface area contributed by atoms with E-state index in [0.29, 0.717) is 0 Å². The van der Waals surface area contributed by atoms with E-state index in [4.69, 9.17) is 5.11 Å². The summed E-state index contributed by atoms with van der Waals surface area (Å²) in [5.74, 6) is -1.09. The highest BCUT2D eigenvalue weighted by Gasteiger charge is 2.51. The van der Waals surface area contributed by atoms with E-state index in [9.17, 15) is 9.59 Å². The number of nitrogens with zero attached hydrogens (tertiary/aromatic N) is 1. The standard InChI is InChI=1S/C9H13NO3/c1-9-2-4-10(5-3-9)6(7(9)11)8(12)13/h6H,2-5H2,1H3,(H,12,13). The Labute approximate surface area is 76.5 Å². The Morgan fingerprint density at radius 2 is 2.08 bits per heavy atom. The molecular formula is C9H13NO3. The van der Waals surface area contributed by atoms with E-state index in [1.165, 1.54) is 0 Å². The van der Waals surface area contributed by atoms with Crippen LogP contribution in [0.5, 0.6) is 0 Å². The molecule has 0 amide bonds. The Bertz CT molecular complexity index is 266. The maximum Gasteiger partial charge on any atom is 0.328 e. The third kappa shape index (κ3) is 1.09. The van der Waals surface area contributed by atoms with E-state index in [-0.39, 0.29) is 11.2 Å². The first-order valence-corrected chi connectivity index (χ1v) is 4.56. The molecular weight excluding hydrogens is 170 g/mol. The van der Waals surface area contributed by atoms with Crippen LogP contribution in [0.1, 0.15) is 19.8 Å². The molecule has 1 atom stereocenters. The largest absolute Gasteiger partial charge is 0.480 e. The fraction of sp³-hybridized carbons (Fsp3) is 0.778. The molecule has 72 valence electrons. The fourth-order valence-corrected chi connectivity index (χ4v) is 2.29. The van der Waals surface area contributed by atoms with E-state index in [0.717, 1.165) is 25.9 Å². The summed E-state index contributed by atoms with van der Waals surface area (Å²) in [6.07, 6.45) is 1.63. The number of piperidine rings is 3. The summed E-state index contributed by atoms with van der Waals surface area (Å²) in [4.78, 5) is 24.3. The second-order valence-electron chi connectivity index (χ2n) is 4.20. The zero-order valence-electron chi connectivity index (χ0n) is 7.62. The van der Waals surface area contributed by atoms with Gasteiger partial charge in [0.1, 0.15) is 0 Å². The fourth-order valence-electron chi connectivity index (χ4n) is 2.29. The van der Waals surface area contributed by atoms with Crippen LogP contribution < -0.4 is 0 Å². The van der Waals surface area contributed by atoms with Gasteiger partial charge in [0, 0.05) is 18.5 Å². The zero-order chi connectivity index (χ0) is 9.64. The Hall–Kier alpha value is -0.900. The van der Waals surface area contributed by atoms with Gasteiger partial charge in [-0.05, 0) is 12.8 Å². The second-order valence-corrected chi connectivity index (χ2v) is 4.20. The van der Waals surface area contributed by atoms with Crippen molar-refractivity contribution in [1.82, 2.24) is 4.90 Å². The molecule has 3 fully saturated rings. The maximum absolute atomic E-state index is 11.7. The normalized spacial score (nSPS) is 43.6. The molecule has 1 N–H and O–H groups in total. The lowest BCUT2D eigenvalue weighted by molar-refractivity contribution is -0.161. The van der Waals surface area contributed by atoms with Crippen LogP contribution in [0.4, 0.5) is 0 Å². The predicted molar refractivity (Wildman–Crippen MR) is 45.3 cm³/mol. The van der Waals surface area contributed by atoms with Crippen LogP contribution in [0.15, 0.2) is 0 Å². The van der Waals surface area contributed by atoms with E-state index < -0.39 is 12.0 Å². The Morgan fingerprint density at radius 1 is 1.54 bits per heavy atom. The highest BCUT2D eigenvalue weighted by atomic mass is 16.4. The third-order valence-electron chi connectivity index (χ3n) is 3.34. The molecule has 0 aliphatic carbocycles. The van der Waals surface area contributed by atoms with Crippen molar-refractivity contribution in [3.63, 3.8) is 0 Å². The number of carbonyl (C=O) groups is 2. The summed E-state index contributed by atoms with van der Waals surface area (Å²) in [7, 11) is 0. The van der Waals surface area contributed by atoms with E-state index >= 15 is 0 Å². The smallest absolute Gasteiger partial charge is 0.328 e. The molecule has 0 radical (unpaired) electrons. The molecule has 0 aromatic rings. The number of carboxylic acids is 1. The molecule has 2 bridgehead atoms. The van der Waals surface area contributed by atoms with E-state index in [1.807, 2.05) is 6.92 Å². The van der Waals surface area contributed by atoms with Gasteiger partial charge in [0.05, 0.1) is 0 Å². The summed E-state index contributed by atoms with van der Waals surface area (Å²) < 4.78 is 0. The highest BCUT2D eigenvalue weighted by molar-refractivity contribution is 6.06. The van der Waals surface area contributed by atoms with Crippen LogP contribution in [-0.4, -0.2) is 40.9 Å². The second kappa shape index (κ2) is 2.54. The molecule has 0 aromatic heterocycles. The van der Waals surface area contributed by atoms with Crippen LogP contribution in [0.2, 0.25) is 0 Å². The number of ketones is 1. The minimum atomic E-state index is -0.990. The van der Waals surface area contributed by atoms with Gasteiger partial charge in [-0.1, -0.05) is 6.92 Å². The number of hydrogen-bond acceptors (Lipinski definition) is 3. The molecule has 0 spiro atoms. The van der Waals surface area contributed by atoms with Crippen molar-refractivity contribution in [3.05, 3.63) is 0 Å². The summed E-state index contributed by atoms with van der Waals surface area (Å²) >= 11 is 0. The lowest BCUT2D eigenvalue weighted by atomic mass is 9.69. The summed E-state index contributed by atoms with van der Waals surface area (Å²) in [5.41, 5.74) is -0.363. The van der Waals surface area contributed by atoms with Crippen LogP contribution in [-0.2, 0) is 9.59 Å². The molecule has 4 heteroatoms. The van der Waals surface area contributed by atoms with E-state index in [1.54, 1.807) is 4.90 Å². The first kappa shape index (κ1) is 8.69. The Kier molecular flexibility index (Phi) is 1.70. The maximum atomic E-state index is 11.7. The minimum Gasteiger partial charge on any atom is -0.480 e. The molecule has 3 aliphatic heterocycles. The zero-order valence-corrected chi connectivity index (χ0v) is 7.62. The summed E-state index contributed by atoms with van der Waals surface area (Å²) in [5, 5.41) is 8.88. The number of rotatable bonds is 1. The van der Waals surface area contributed by atoms with Gasteiger partial charge < -0.3 is 5.11 Å². The lowest BCUT2D eigenvalue weighted by Gasteiger charge is -2.48. The van der Waals surface area contributed by atoms with Gasteiger partial charge in [-0.25, -0.2) is 0 Å². The number of fused-ring (bicyclic) bond motifs is 3. The average molecular weight is 183 g/mol. The number of carboxylic acid groups (broad SMARTS) is 1. The molecule has 3 rings (SSSR count). The highest BCUT2D eigenvalue weighted by Crippen LogP contribution is 2.39. The molecule has 0 aromatic carbocycles. The molecule has 0 saturated carbocycles. The third-order valence-corrected chi connectivity index (χ3v) is 3.34. The molecule has 3 saturated heterocycles. The predicted octanol–water partition coefficient (Wildman–Crippen LogP) is 0.124. The van der Waals surface area contributed by atoms with Crippen molar-refractivity contribution in [3.8, 4) is 0 Å². The molecule has 3 heterocycles. The summed E-state index contributed by atoms with van der Waals surface area (Å²) in [6, 6.07) is -0.868. The van der Waals surface area contributed by atoms with Crippen molar-refractivity contribution in [2.45, 2.75) is 25.8 Å². The summed E-state index contributed by atoms with van der Waals surface area (Å²) in [6.45, 7) is 3.39. The van der Waals surface area contributed by atoms with Gasteiger partial charge in [-0.3, -0.25) is 14.5 Å². The van der Waals surface area contributed by atoms with Crippen molar-refractivity contribution in [2.75, 3.05) is 13.1 Å².